The lowest BCUT2D eigenvalue weighted by molar-refractivity contribution is -0.135. The van der Waals surface area contributed by atoms with E-state index >= 15 is 0 Å². The third-order valence-corrected chi connectivity index (χ3v) is 13.3. The number of fused-ring (bicyclic) bond motifs is 2. The molecule has 1 aromatic heterocycles. The molecule has 11 heteroatoms. The zero-order valence-corrected chi connectivity index (χ0v) is 33.4. The second-order valence-corrected chi connectivity index (χ2v) is 16.8. The summed E-state index contributed by atoms with van der Waals surface area (Å²) in [6, 6.07) is 30.8. The fourth-order valence-electron chi connectivity index (χ4n) is 10.1. The number of likely N-dealkylation sites (tertiary alicyclic amines) is 1. The highest BCUT2D eigenvalue weighted by Crippen LogP contribution is 2.47. The monoisotopic (exact) mass is 782 g/mol. The number of hydrogen-bond donors (Lipinski definition) is 2. The summed E-state index contributed by atoms with van der Waals surface area (Å²) in [7, 11) is 1.75. The van der Waals surface area contributed by atoms with Crippen LogP contribution in [0.1, 0.15) is 72.2 Å². The number of aryl methyl sites for hydroxylation is 2. The molecule has 9 rings (SSSR count). The number of benzene rings is 4. The van der Waals surface area contributed by atoms with Gasteiger partial charge in [0.25, 0.3) is 0 Å². The maximum atomic E-state index is 13.2. The Hall–Kier alpha value is -5.39. The van der Waals surface area contributed by atoms with Crippen molar-refractivity contribution in [3.8, 4) is 11.5 Å². The molecular weight excluding hydrogens is 729 g/mol. The van der Waals surface area contributed by atoms with E-state index in [0.717, 1.165) is 87.7 Å². The number of anilines is 1. The van der Waals surface area contributed by atoms with E-state index in [1.54, 1.807) is 16.2 Å². The van der Waals surface area contributed by atoms with Gasteiger partial charge in [-0.1, -0.05) is 48.5 Å². The molecular formula is C47H54N6O5. The highest BCUT2D eigenvalue weighted by atomic mass is 16.5. The van der Waals surface area contributed by atoms with Crippen LogP contribution in [0.2, 0.25) is 0 Å². The Morgan fingerprint density at radius 2 is 1.52 bits per heavy atom. The summed E-state index contributed by atoms with van der Waals surface area (Å²) in [6.07, 6.45) is 4.98. The van der Waals surface area contributed by atoms with Crippen molar-refractivity contribution in [2.24, 2.45) is 13.0 Å². The molecule has 3 fully saturated rings. The van der Waals surface area contributed by atoms with E-state index < -0.39 is 11.9 Å². The number of imide groups is 1. The van der Waals surface area contributed by atoms with Crippen molar-refractivity contribution in [3.63, 3.8) is 0 Å². The van der Waals surface area contributed by atoms with Gasteiger partial charge in [-0.15, -0.1) is 0 Å². The second kappa shape index (κ2) is 16.5. The number of carbonyl (C=O) groups excluding carboxylic acids is 2. The number of hydrogen-bond acceptors (Lipinski definition) is 8. The number of nitrogens with one attached hydrogen (secondary N) is 1. The molecule has 0 spiro atoms. The van der Waals surface area contributed by atoms with Crippen molar-refractivity contribution in [2.45, 2.75) is 56.4 Å². The number of aromatic nitrogens is 2. The third-order valence-electron chi connectivity index (χ3n) is 13.3. The van der Waals surface area contributed by atoms with Crippen LogP contribution in [0.25, 0.3) is 11.0 Å². The molecule has 11 nitrogen and oxygen atoms in total. The van der Waals surface area contributed by atoms with Gasteiger partial charge in [0.05, 0.1) is 11.0 Å². The fraction of sp³-hybridized carbons (Fsp3) is 0.426. The number of phenols is 1. The summed E-state index contributed by atoms with van der Waals surface area (Å²) in [5, 5.41) is 12.6. The fourth-order valence-corrected chi connectivity index (χ4v) is 10.1. The molecule has 3 saturated heterocycles. The van der Waals surface area contributed by atoms with E-state index in [0.29, 0.717) is 30.6 Å². The van der Waals surface area contributed by atoms with Crippen LogP contribution in [-0.2, 0) is 23.1 Å². The molecule has 58 heavy (non-hydrogen) atoms. The first-order valence-corrected chi connectivity index (χ1v) is 21.1. The van der Waals surface area contributed by atoms with Gasteiger partial charge in [0.15, 0.2) is 0 Å². The number of imidazole rings is 1. The summed E-state index contributed by atoms with van der Waals surface area (Å²) in [5.41, 5.74) is 7.56. The summed E-state index contributed by atoms with van der Waals surface area (Å²) in [5.74, 6) is 1.86. The summed E-state index contributed by atoms with van der Waals surface area (Å²) in [4.78, 5) is 45.1. The lowest BCUT2D eigenvalue weighted by atomic mass is 9.69. The van der Waals surface area contributed by atoms with Gasteiger partial charge in [-0.25, -0.2) is 4.79 Å². The molecule has 3 aliphatic heterocycles. The molecule has 5 aromatic rings. The van der Waals surface area contributed by atoms with Crippen LogP contribution in [0.5, 0.6) is 11.5 Å². The van der Waals surface area contributed by atoms with Crippen molar-refractivity contribution >= 4 is 28.5 Å². The quantitative estimate of drug-likeness (QED) is 0.171. The van der Waals surface area contributed by atoms with Gasteiger partial charge in [0.2, 0.25) is 11.8 Å². The van der Waals surface area contributed by atoms with E-state index in [-0.39, 0.29) is 23.9 Å². The van der Waals surface area contributed by atoms with Gasteiger partial charge in [0, 0.05) is 64.3 Å². The average Bonchev–Trinajstić information content (AvgIpc) is 3.49. The maximum Gasteiger partial charge on any atom is 0.329 e. The van der Waals surface area contributed by atoms with Crippen molar-refractivity contribution in [2.75, 3.05) is 63.9 Å². The topological polar surface area (TPSA) is 112 Å². The number of phenolic OH excluding ortho intramolecular Hbond substituents is 1. The lowest BCUT2D eigenvalue weighted by Crippen LogP contribution is -2.49. The van der Waals surface area contributed by atoms with Crippen LogP contribution < -0.4 is 20.6 Å². The molecule has 0 saturated carbocycles. The molecule has 3 atom stereocenters. The molecule has 0 radical (unpaired) electrons. The first-order valence-electron chi connectivity index (χ1n) is 21.1. The number of nitrogens with zero attached hydrogens (tertiary/aromatic N) is 5. The highest BCUT2D eigenvalue weighted by molar-refractivity contribution is 6.00. The minimum Gasteiger partial charge on any atom is -0.508 e. The number of piperidine rings is 2. The number of aromatic hydroxyl groups is 1. The second-order valence-electron chi connectivity index (χ2n) is 16.8. The van der Waals surface area contributed by atoms with Gasteiger partial charge in [-0.05, 0) is 122 Å². The number of ether oxygens (including phenoxy) is 1. The van der Waals surface area contributed by atoms with Gasteiger partial charge >= 0.3 is 5.69 Å². The Kier molecular flexibility index (Phi) is 10.8. The molecule has 0 bridgehead atoms. The van der Waals surface area contributed by atoms with Crippen molar-refractivity contribution < 1.29 is 19.4 Å². The molecule has 4 aliphatic rings. The van der Waals surface area contributed by atoms with Crippen LogP contribution >= 0.6 is 0 Å². The number of carbonyl (C=O) groups is 2. The number of amides is 2. The summed E-state index contributed by atoms with van der Waals surface area (Å²) in [6.45, 7) is 8.79. The molecule has 2 amide bonds. The Balaban J connectivity index is 0.734. The van der Waals surface area contributed by atoms with Gasteiger partial charge < -0.3 is 14.7 Å². The molecule has 2 N–H and O–H groups in total. The van der Waals surface area contributed by atoms with E-state index in [1.165, 1.54) is 35.1 Å². The number of rotatable bonds is 10. The Labute approximate surface area is 339 Å². The zero-order valence-electron chi connectivity index (χ0n) is 33.4. The Morgan fingerprint density at radius 3 is 2.28 bits per heavy atom. The van der Waals surface area contributed by atoms with Gasteiger partial charge in [-0.2, -0.15) is 0 Å². The maximum absolute atomic E-state index is 13.2. The van der Waals surface area contributed by atoms with E-state index in [1.807, 2.05) is 18.2 Å². The van der Waals surface area contributed by atoms with Crippen LogP contribution in [0.15, 0.2) is 95.8 Å². The molecule has 1 unspecified atom stereocenters. The van der Waals surface area contributed by atoms with E-state index in [9.17, 15) is 19.5 Å². The van der Waals surface area contributed by atoms with E-state index in [2.05, 4.69) is 92.8 Å². The number of piperazine rings is 1. The summed E-state index contributed by atoms with van der Waals surface area (Å²) >= 11 is 0. The molecule has 4 aromatic carbocycles. The minimum absolute atomic E-state index is 0.229. The predicted molar refractivity (Wildman–Crippen MR) is 226 cm³/mol. The Morgan fingerprint density at radius 1 is 0.741 bits per heavy atom. The van der Waals surface area contributed by atoms with Crippen molar-refractivity contribution in [1.82, 2.24) is 24.3 Å². The molecule has 4 heterocycles. The first kappa shape index (κ1) is 38.1. The molecule has 302 valence electrons. The van der Waals surface area contributed by atoms with Crippen LogP contribution in [0, 0.1) is 5.92 Å². The largest absolute Gasteiger partial charge is 0.508 e. The minimum atomic E-state index is -0.675. The third kappa shape index (κ3) is 7.77. The summed E-state index contributed by atoms with van der Waals surface area (Å²) < 4.78 is 9.44. The Bertz CT molecular complexity index is 2320. The van der Waals surface area contributed by atoms with Crippen molar-refractivity contribution in [1.29, 1.82) is 0 Å². The predicted octanol–water partition coefficient (Wildman–Crippen LogP) is 5.80. The standard InChI is InChI=1S/C47H54N6O5/c1-49-43-30-36(10-16-41(43)53(47(49)57)42-17-18-44(55)48-46(42)56)52-25-23-51(24-26-52)31-32-19-21-50(22-20-32)27-28-58-38-12-7-34(8-13-38)45-39(33-5-3-2-4-6-33)14-9-35-29-37(54)11-15-40(35)45/h2-8,10-13,15-16,29-30,32,39,42,45,54H,9,14,17-28,31H2,1H3,(H,48,55,56)/t39-,42?,45+/m1/s1. The average molecular weight is 783 g/mol. The van der Waals surface area contributed by atoms with Crippen LogP contribution in [0.3, 0.4) is 0 Å². The van der Waals surface area contributed by atoms with Gasteiger partial charge in [-0.3, -0.25) is 33.8 Å². The van der Waals surface area contributed by atoms with Crippen molar-refractivity contribution in [3.05, 3.63) is 124 Å². The normalized spacial score (nSPS) is 22.2. The SMILES string of the molecule is Cn1c(=O)n(C2CCC(=O)NC2=O)c2ccc(N3CCN(CC4CCN(CCOc5ccc([C@@H]6c7ccc(O)cc7CC[C@@H]6c6ccccc6)cc5)CC4)CC3)cc21. The van der Waals surface area contributed by atoms with Crippen LogP contribution in [0.4, 0.5) is 5.69 Å². The lowest BCUT2D eigenvalue weighted by Gasteiger charge is -2.39. The van der Waals surface area contributed by atoms with Gasteiger partial charge in [0.1, 0.15) is 24.1 Å². The highest BCUT2D eigenvalue weighted by Gasteiger charge is 2.33. The smallest absolute Gasteiger partial charge is 0.329 e. The van der Waals surface area contributed by atoms with E-state index in [4.69, 9.17) is 4.74 Å². The molecule has 1 aliphatic carbocycles. The first-order chi connectivity index (χ1) is 28.3. The van der Waals surface area contributed by atoms with Crippen LogP contribution in [-0.4, -0.2) is 94.8 Å². The zero-order chi connectivity index (χ0) is 39.8.